The van der Waals surface area contributed by atoms with Gasteiger partial charge in [-0.1, -0.05) is 12.1 Å². The normalized spacial score (nSPS) is 24.1. The van der Waals surface area contributed by atoms with Crippen LogP contribution in [0.5, 0.6) is 11.5 Å². The van der Waals surface area contributed by atoms with Gasteiger partial charge in [0, 0.05) is 19.6 Å². The fourth-order valence-electron chi connectivity index (χ4n) is 2.41. The van der Waals surface area contributed by atoms with Crippen LogP contribution in [0.3, 0.4) is 0 Å². The Hall–Kier alpha value is -1.50. The summed E-state index contributed by atoms with van der Waals surface area (Å²) in [6, 6.07) is 7.36. The molecule has 6 nitrogen and oxygen atoms in total. The van der Waals surface area contributed by atoms with Crippen molar-refractivity contribution in [3.05, 3.63) is 24.3 Å². The fourth-order valence-corrected chi connectivity index (χ4v) is 2.41. The van der Waals surface area contributed by atoms with Crippen LogP contribution in [0.4, 0.5) is 0 Å². The number of rotatable bonds is 2. The van der Waals surface area contributed by atoms with Crippen molar-refractivity contribution >= 4 is 18.3 Å². The summed E-state index contributed by atoms with van der Waals surface area (Å²) in [5, 5.41) is 0. The van der Waals surface area contributed by atoms with Crippen molar-refractivity contribution in [3.8, 4) is 11.5 Å². The molecule has 2 heterocycles. The monoisotopic (exact) mass is 314 g/mol. The number of ether oxygens (including phenoxy) is 3. The molecule has 116 valence electrons. The third-order valence-corrected chi connectivity index (χ3v) is 3.50. The first-order valence-corrected chi connectivity index (χ1v) is 6.77. The van der Waals surface area contributed by atoms with Gasteiger partial charge in [-0.25, -0.2) is 0 Å². The molecule has 2 atom stereocenters. The van der Waals surface area contributed by atoms with Gasteiger partial charge in [-0.05, 0) is 12.1 Å². The molecule has 1 aromatic rings. The first-order chi connectivity index (χ1) is 9.78. The molecule has 2 unspecified atom stereocenters. The molecule has 0 aromatic heterocycles. The number of benzene rings is 1. The average Bonchev–Trinajstić information content (AvgIpc) is 2.53. The van der Waals surface area contributed by atoms with Crippen molar-refractivity contribution in [2.75, 3.05) is 32.8 Å². The molecule has 7 heteroatoms. The number of hydrogen-bond acceptors (Lipinski definition) is 5. The van der Waals surface area contributed by atoms with Crippen molar-refractivity contribution < 1.29 is 19.0 Å². The summed E-state index contributed by atoms with van der Waals surface area (Å²) in [5.74, 6) is 1.22. The summed E-state index contributed by atoms with van der Waals surface area (Å²) < 4.78 is 16.8. The highest BCUT2D eigenvalue weighted by atomic mass is 35.5. The van der Waals surface area contributed by atoms with Gasteiger partial charge in [0.2, 0.25) is 6.10 Å². The molecular formula is C14H19ClN2O4. The second kappa shape index (κ2) is 6.98. The molecule has 1 saturated heterocycles. The predicted octanol–water partition coefficient (Wildman–Crippen LogP) is 0.434. The number of morpholine rings is 1. The minimum atomic E-state index is -0.596. The second-order valence-corrected chi connectivity index (χ2v) is 4.88. The van der Waals surface area contributed by atoms with E-state index < -0.39 is 6.10 Å². The van der Waals surface area contributed by atoms with Gasteiger partial charge in [-0.2, -0.15) is 0 Å². The fraction of sp³-hybridized carbons (Fsp3) is 0.500. The summed E-state index contributed by atoms with van der Waals surface area (Å²) in [4.78, 5) is 14.2. The molecular weight excluding hydrogens is 296 g/mol. The van der Waals surface area contributed by atoms with E-state index in [1.165, 1.54) is 0 Å². The number of hydrogen-bond donors (Lipinski definition) is 1. The zero-order chi connectivity index (χ0) is 13.9. The van der Waals surface area contributed by atoms with Gasteiger partial charge in [0.25, 0.3) is 5.91 Å². The lowest BCUT2D eigenvalue weighted by Crippen LogP contribution is -2.53. The van der Waals surface area contributed by atoms with Crippen LogP contribution < -0.4 is 15.2 Å². The molecule has 21 heavy (non-hydrogen) atoms. The molecule has 0 saturated carbocycles. The maximum atomic E-state index is 12.4. The Kier molecular flexibility index (Phi) is 5.27. The number of nitrogens with zero attached hydrogens (tertiary/aromatic N) is 1. The summed E-state index contributed by atoms with van der Waals surface area (Å²) >= 11 is 0. The summed E-state index contributed by atoms with van der Waals surface area (Å²) in [5.41, 5.74) is 5.59. The molecule has 3 rings (SSSR count). The van der Waals surface area contributed by atoms with E-state index in [0.29, 0.717) is 37.7 Å². The molecule has 2 aliphatic rings. The lowest BCUT2D eigenvalue weighted by atomic mass is 10.2. The molecule has 0 aliphatic carbocycles. The van der Waals surface area contributed by atoms with Crippen LogP contribution in [0, 0.1) is 0 Å². The first kappa shape index (κ1) is 15.9. The number of nitrogens with two attached hydrogens (primary N) is 1. The quantitative estimate of drug-likeness (QED) is 0.857. The Morgan fingerprint density at radius 2 is 2.10 bits per heavy atom. The largest absolute Gasteiger partial charge is 0.485 e. The number of amides is 1. The van der Waals surface area contributed by atoms with E-state index in [9.17, 15) is 4.79 Å². The van der Waals surface area contributed by atoms with E-state index >= 15 is 0 Å². The van der Waals surface area contributed by atoms with Gasteiger partial charge in [0.15, 0.2) is 11.5 Å². The van der Waals surface area contributed by atoms with Crippen molar-refractivity contribution in [1.29, 1.82) is 0 Å². The zero-order valence-corrected chi connectivity index (χ0v) is 12.4. The van der Waals surface area contributed by atoms with Gasteiger partial charge in [0.1, 0.15) is 6.61 Å². The molecule has 0 radical (unpaired) electrons. The van der Waals surface area contributed by atoms with Crippen molar-refractivity contribution in [3.63, 3.8) is 0 Å². The third kappa shape index (κ3) is 3.40. The van der Waals surface area contributed by atoms with Gasteiger partial charge >= 0.3 is 0 Å². The first-order valence-electron chi connectivity index (χ1n) is 6.77. The van der Waals surface area contributed by atoms with Crippen LogP contribution in [0.25, 0.3) is 0 Å². The van der Waals surface area contributed by atoms with Gasteiger partial charge < -0.3 is 24.8 Å². The van der Waals surface area contributed by atoms with Crippen LogP contribution >= 0.6 is 12.4 Å². The summed E-state index contributed by atoms with van der Waals surface area (Å²) in [6.45, 7) is 2.24. The predicted molar refractivity (Wildman–Crippen MR) is 79.0 cm³/mol. The highest BCUT2D eigenvalue weighted by molar-refractivity contribution is 5.85. The second-order valence-electron chi connectivity index (χ2n) is 4.88. The Labute approximate surface area is 129 Å². The molecule has 2 aliphatic heterocycles. The van der Waals surface area contributed by atoms with Crippen molar-refractivity contribution in [1.82, 2.24) is 4.90 Å². The van der Waals surface area contributed by atoms with Crippen LogP contribution in [-0.2, 0) is 9.53 Å². The average molecular weight is 315 g/mol. The van der Waals surface area contributed by atoms with Crippen LogP contribution in [0.15, 0.2) is 24.3 Å². The van der Waals surface area contributed by atoms with Crippen LogP contribution in [0.2, 0.25) is 0 Å². The minimum absolute atomic E-state index is 0. The van der Waals surface area contributed by atoms with E-state index in [-0.39, 0.29) is 31.0 Å². The lowest BCUT2D eigenvalue weighted by Gasteiger charge is -2.35. The minimum Gasteiger partial charge on any atom is -0.485 e. The summed E-state index contributed by atoms with van der Waals surface area (Å²) in [7, 11) is 0. The number of para-hydroxylation sites is 2. The van der Waals surface area contributed by atoms with E-state index in [2.05, 4.69) is 0 Å². The van der Waals surface area contributed by atoms with E-state index in [4.69, 9.17) is 19.9 Å². The molecule has 0 spiro atoms. The number of fused-ring (bicyclic) bond motifs is 1. The number of carbonyl (C=O) groups is 1. The molecule has 1 amide bonds. The molecule has 0 bridgehead atoms. The Morgan fingerprint density at radius 3 is 2.86 bits per heavy atom. The number of carbonyl (C=O) groups excluding carboxylic acids is 1. The van der Waals surface area contributed by atoms with Crippen LogP contribution in [-0.4, -0.2) is 55.9 Å². The maximum absolute atomic E-state index is 12.4. The smallest absolute Gasteiger partial charge is 0.267 e. The molecule has 1 aromatic carbocycles. The molecule has 1 fully saturated rings. The van der Waals surface area contributed by atoms with Gasteiger partial charge in [-0.15, -0.1) is 12.4 Å². The maximum Gasteiger partial charge on any atom is 0.267 e. The van der Waals surface area contributed by atoms with Crippen LogP contribution in [0.1, 0.15) is 0 Å². The Bertz CT molecular complexity index is 500. The highest BCUT2D eigenvalue weighted by Gasteiger charge is 2.33. The number of halogens is 1. The third-order valence-electron chi connectivity index (χ3n) is 3.50. The Balaban J connectivity index is 0.00000161. The van der Waals surface area contributed by atoms with E-state index in [1.54, 1.807) is 11.0 Å². The topological polar surface area (TPSA) is 74.0 Å². The highest BCUT2D eigenvalue weighted by Crippen LogP contribution is 2.31. The van der Waals surface area contributed by atoms with E-state index in [1.807, 2.05) is 18.2 Å². The van der Waals surface area contributed by atoms with Crippen molar-refractivity contribution in [2.24, 2.45) is 5.73 Å². The molecule has 2 N–H and O–H groups in total. The Morgan fingerprint density at radius 1 is 1.33 bits per heavy atom. The zero-order valence-electron chi connectivity index (χ0n) is 11.6. The SMILES string of the molecule is Cl.NCC1CN(C(=O)C2COc3ccccc3O2)CCO1. The van der Waals surface area contributed by atoms with Crippen molar-refractivity contribution in [2.45, 2.75) is 12.2 Å². The van der Waals surface area contributed by atoms with Gasteiger partial charge in [0.05, 0.1) is 12.7 Å². The lowest BCUT2D eigenvalue weighted by molar-refractivity contribution is -0.148. The van der Waals surface area contributed by atoms with Gasteiger partial charge in [-0.3, -0.25) is 4.79 Å². The summed E-state index contributed by atoms with van der Waals surface area (Å²) in [6.07, 6.45) is -0.689. The standard InChI is InChI=1S/C14H18N2O4.ClH/c15-7-10-8-16(5-6-18-10)14(17)13-9-19-11-3-1-2-4-12(11)20-13;/h1-4,10,13H,5-9,15H2;1H. The van der Waals surface area contributed by atoms with E-state index in [0.717, 1.165) is 0 Å².